The second kappa shape index (κ2) is 19.0. The number of ether oxygens (including phenoxy) is 2. The summed E-state index contributed by atoms with van der Waals surface area (Å²) in [5.74, 6) is 0. The number of hydrogen-bond donors (Lipinski definition) is 0. The summed E-state index contributed by atoms with van der Waals surface area (Å²) in [6.45, 7) is 5.23. The third kappa shape index (κ3) is 16.3. The van der Waals surface area contributed by atoms with Crippen LogP contribution in [-0.2, 0) is 9.47 Å². The van der Waals surface area contributed by atoms with Gasteiger partial charge in [-0.2, -0.15) is 0 Å². The lowest BCUT2D eigenvalue weighted by molar-refractivity contribution is -0.125. The fourth-order valence-electron chi connectivity index (χ4n) is 2.86. The molecule has 0 aliphatic heterocycles. The molecule has 0 aromatic heterocycles. The molecule has 1 atom stereocenters. The summed E-state index contributed by atoms with van der Waals surface area (Å²) in [6, 6.07) is 0. The van der Waals surface area contributed by atoms with Crippen LogP contribution in [0, 0.1) is 0 Å². The van der Waals surface area contributed by atoms with E-state index in [0.29, 0.717) is 0 Å². The van der Waals surface area contributed by atoms with E-state index < -0.39 is 0 Å². The lowest BCUT2D eigenvalue weighted by atomic mass is 10.0. The summed E-state index contributed by atoms with van der Waals surface area (Å²) in [6.07, 6.45) is 20.6. The molecule has 2 heteroatoms. The first kappa shape index (κ1) is 21.9. The first-order valence-corrected chi connectivity index (χ1v) is 9.99. The number of methoxy groups -OCH3 is 1. The zero-order valence-corrected chi connectivity index (χ0v) is 15.7. The maximum Gasteiger partial charge on any atom is 0.156 e. The molecule has 0 rings (SSSR count). The molecule has 22 heavy (non-hydrogen) atoms. The lowest BCUT2D eigenvalue weighted by Gasteiger charge is -2.13. The molecular formula is C20H42O2. The molecule has 0 fully saturated rings. The van der Waals surface area contributed by atoms with Gasteiger partial charge in [-0.3, -0.25) is 0 Å². The molecule has 0 radical (unpaired) electrons. The molecule has 2 nitrogen and oxygen atoms in total. The highest BCUT2D eigenvalue weighted by Gasteiger charge is 2.02. The zero-order chi connectivity index (χ0) is 16.3. The minimum Gasteiger partial charge on any atom is -0.356 e. The van der Waals surface area contributed by atoms with Crippen LogP contribution in [0.15, 0.2) is 0 Å². The van der Waals surface area contributed by atoms with Crippen LogP contribution in [0.2, 0.25) is 0 Å². The Morgan fingerprint density at radius 2 is 1.00 bits per heavy atom. The lowest BCUT2D eigenvalue weighted by Crippen LogP contribution is -2.14. The van der Waals surface area contributed by atoms with Gasteiger partial charge in [0.1, 0.15) is 0 Å². The average Bonchev–Trinajstić information content (AvgIpc) is 2.55. The minimum atomic E-state index is 0.00183. The molecule has 134 valence electrons. The van der Waals surface area contributed by atoms with Crippen LogP contribution < -0.4 is 0 Å². The molecule has 0 aromatic carbocycles. The van der Waals surface area contributed by atoms with Crippen molar-refractivity contribution in [1.82, 2.24) is 0 Å². The third-order valence-electron chi connectivity index (χ3n) is 4.40. The predicted molar refractivity (Wildman–Crippen MR) is 97.4 cm³/mol. The van der Waals surface area contributed by atoms with Gasteiger partial charge in [0.25, 0.3) is 0 Å². The van der Waals surface area contributed by atoms with Gasteiger partial charge >= 0.3 is 0 Å². The Hall–Kier alpha value is -0.0800. The Bertz CT molecular complexity index is 190. The Kier molecular flexibility index (Phi) is 18.9. The van der Waals surface area contributed by atoms with Crippen LogP contribution >= 0.6 is 0 Å². The highest BCUT2D eigenvalue weighted by molar-refractivity contribution is 4.49. The van der Waals surface area contributed by atoms with Crippen molar-refractivity contribution >= 4 is 0 Å². The van der Waals surface area contributed by atoms with E-state index in [9.17, 15) is 0 Å². The second-order valence-corrected chi connectivity index (χ2v) is 6.54. The van der Waals surface area contributed by atoms with Gasteiger partial charge in [-0.1, -0.05) is 97.3 Å². The molecule has 0 spiro atoms. The maximum absolute atomic E-state index is 5.63. The van der Waals surface area contributed by atoms with Crippen molar-refractivity contribution in [3.8, 4) is 0 Å². The van der Waals surface area contributed by atoms with Crippen molar-refractivity contribution in [1.29, 1.82) is 0 Å². The van der Waals surface area contributed by atoms with Crippen molar-refractivity contribution in [2.24, 2.45) is 0 Å². The van der Waals surface area contributed by atoms with E-state index in [2.05, 4.69) is 13.8 Å². The van der Waals surface area contributed by atoms with Gasteiger partial charge in [-0.15, -0.1) is 0 Å². The van der Waals surface area contributed by atoms with E-state index >= 15 is 0 Å². The van der Waals surface area contributed by atoms with E-state index in [1.807, 2.05) is 0 Å². The largest absolute Gasteiger partial charge is 0.356 e. The Morgan fingerprint density at radius 3 is 1.36 bits per heavy atom. The first-order chi connectivity index (χ1) is 10.8. The molecule has 0 amide bonds. The summed E-state index contributed by atoms with van der Waals surface area (Å²) in [5, 5.41) is 0. The van der Waals surface area contributed by atoms with Crippen molar-refractivity contribution in [2.45, 2.75) is 116 Å². The Morgan fingerprint density at radius 1 is 0.591 bits per heavy atom. The topological polar surface area (TPSA) is 18.5 Å². The summed E-state index contributed by atoms with van der Waals surface area (Å²) in [4.78, 5) is 0. The molecule has 0 heterocycles. The summed E-state index contributed by atoms with van der Waals surface area (Å²) >= 11 is 0. The normalized spacial score (nSPS) is 12.7. The third-order valence-corrected chi connectivity index (χ3v) is 4.40. The minimum absolute atomic E-state index is 0.00183. The van der Waals surface area contributed by atoms with Gasteiger partial charge in [-0.25, -0.2) is 0 Å². The SMILES string of the molecule is CCCCCCCCCCCCCCCCOC(CC)OC. The summed E-state index contributed by atoms with van der Waals surface area (Å²) in [5.41, 5.74) is 0. The van der Waals surface area contributed by atoms with Crippen molar-refractivity contribution in [3.05, 3.63) is 0 Å². The molecule has 0 aliphatic rings. The standard InChI is InChI=1S/C20H42O2/c1-4-6-7-8-9-10-11-12-13-14-15-16-17-18-19-22-20(5-2)21-3/h20H,4-19H2,1-3H3. The van der Waals surface area contributed by atoms with Gasteiger partial charge < -0.3 is 9.47 Å². The van der Waals surface area contributed by atoms with Crippen molar-refractivity contribution < 1.29 is 9.47 Å². The van der Waals surface area contributed by atoms with E-state index in [0.717, 1.165) is 13.0 Å². The van der Waals surface area contributed by atoms with E-state index in [-0.39, 0.29) is 6.29 Å². The molecule has 1 unspecified atom stereocenters. The van der Waals surface area contributed by atoms with Gasteiger partial charge in [0.15, 0.2) is 6.29 Å². The highest BCUT2D eigenvalue weighted by Crippen LogP contribution is 2.13. The molecular weight excluding hydrogens is 272 g/mol. The highest BCUT2D eigenvalue weighted by atomic mass is 16.7. The van der Waals surface area contributed by atoms with Crippen molar-refractivity contribution in [2.75, 3.05) is 13.7 Å². The summed E-state index contributed by atoms with van der Waals surface area (Å²) in [7, 11) is 1.72. The second-order valence-electron chi connectivity index (χ2n) is 6.54. The quantitative estimate of drug-likeness (QED) is 0.203. The molecule has 0 saturated carbocycles. The van der Waals surface area contributed by atoms with Crippen LogP contribution in [0.25, 0.3) is 0 Å². The van der Waals surface area contributed by atoms with Crippen LogP contribution in [0.3, 0.4) is 0 Å². The fraction of sp³-hybridized carbons (Fsp3) is 1.00. The van der Waals surface area contributed by atoms with E-state index in [4.69, 9.17) is 9.47 Å². The van der Waals surface area contributed by atoms with Gasteiger partial charge in [0.05, 0.1) is 0 Å². The first-order valence-electron chi connectivity index (χ1n) is 9.99. The molecule has 0 saturated heterocycles. The van der Waals surface area contributed by atoms with Crippen LogP contribution in [0.4, 0.5) is 0 Å². The maximum atomic E-state index is 5.63. The van der Waals surface area contributed by atoms with Crippen LogP contribution in [0.1, 0.15) is 110 Å². The number of hydrogen-bond acceptors (Lipinski definition) is 2. The average molecular weight is 315 g/mol. The number of rotatable bonds is 18. The smallest absolute Gasteiger partial charge is 0.156 e. The van der Waals surface area contributed by atoms with Gasteiger partial charge in [0, 0.05) is 13.7 Å². The number of unbranched alkanes of at least 4 members (excludes halogenated alkanes) is 13. The van der Waals surface area contributed by atoms with Crippen molar-refractivity contribution in [3.63, 3.8) is 0 Å². The van der Waals surface area contributed by atoms with Crippen LogP contribution in [0.5, 0.6) is 0 Å². The molecule has 0 N–H and O–H groups in total. The monoisotopic (exact) mass is 314 g/mol. The van der Waals surface area contributed by atoms with Gasteiger partial charge in [0.2, 0.25) is 0 Å². The van der Waals surface area contributed by atoms with E-state index in [1.54, 1.807) is 7.11 Å². The predicted octanol–water partition coefficient (Wildman–Crippen LogP) is 6.87. The Labute approximate surface area is 140 Å². The molecule has 0 aliphatic carbocycles. The fourth-order valence-corrected chi connectivity index (χ4v) is 2.86. The molecule has 0 aromatic rings. The summed E-state index contributed by atoms with van der Waals surface area (Å²) < 4.78 is 10.8. The van der Waals surface area contributed by atoms with Crippen LogP contribution in [-0.4, -0.2) is 20.0 Å². The zero-order valence-electron chi connectivity index (χ0n) is 15.7. The van der Waals surface area contributed by atoms with E-state index in [1.165, 1.54) is 89.9 Å². The van der Waals surface area contributed by atoms with Gasteiger partial charge in [-0.05, 0) is 12.8 Å². The Balaban J connectivity index is 3.02. The molecule has 0 bridgehead atoms.